The molecule has 0 spiro atoms. The Balaban J connectivity index is 1.77. The molecule has 0 aliphatic carbocycles. The van der Waals surface area contributed by atoms with Crippen molar-refractivity contribution in [1.29, 1.82) is 0 Å². The molecule has 2 aromatic heterocycles. The van der Waals surface area contributed by atoms with Gasteiger partial charge in [-0.05, 0) is 24.6 Å². The van der Waals surface area contributed by atoms with Crippen LogP contribution in [0.5, 0.6) is 0 Å². The second-order valence-electron chi connectivity index (χ2n) is 5.37. The fraction of sp³-hybridized carbons (Fsp3) is 0.250. The Morgan fingerprint density at radius 3 is 3.05 bits per heavy atom. The van der Waals surface area contributed by atoms with Gasteiger partial charge in [-0.1, -0.05) is 12.1 Å². The topological polar surface area (TPSA) is 65.0 Å². The third-order valence-corrected chi connectivity index (χ3v) is 3.96. The number of β-amino-alcohol motifs (C(OH)–C–C–N with tert-alkyl or cyclic N) is 1. The average molecular weight is 280 g/mol. The minimum atomic E-state index is -0.253. The molecule has 5 heteroatoms. The van der Waals surface area contributed by atoms with Crippen LogP contribution in [0.2, 0.25) is 0 Å². The molecule has 3 heterocycles. The average Bonchev–Trinajstić information content (AvgIpc) is 3.15. The van der Waals surface area contributed by atoms with E-state index in [9.17, 15) is 5.11 Å². The molecular formula is C16H16N4O. The Morgan fingerprint density at radius 2 is 2.19 bits per heavy atom. The van der Waals surface area contributed by atoms with E-state index in [1.165, 1.54) is 0 Å². The third kappa shape index (κ3) is 2.15. The molecule has 0 saturated carbocycles. The number of hydrogen-bond acceptors (Lipinski definition) is 4. The molecule has 5 nitrogen and oxygen atoms in total. The van der Waals surface area contributed by atoms with Crippen molar-refractivity contribution in [2.75, 3.05) is 18.0 Å². The molecule has 3 aromatic rings. The summed E-state index contributed by atoms with van der Waals surface area (Å²) in [5.41, 5.74) is 2.11. The third-order valence-electron chi connectivity index (χ3n) is 3.96. The molecule has 1 atom stereocenters. The number of aliphatic hydroxyl groups is 1. The van der Waals surface area contributed by atoms with Gasteiger partial charge in [-0.3, -0.25) is 0 Å². The number of benzene rings is 1. The van der Waals surface area contributed by atoms with E-state index in [-0.39, 0.29) is 6.10 Å². The van der Waals surface area contributed by atoms with Crippen LogP contribution in [-0.2, 0) is 0 Å². The van der Waals surface area contributed by atoms with Crippen molar-refractivity contribution in [1.82, 2.24) is 15.0 Å². The summed E-state index contributed by atoms with van der Waals surface area (Å²) >= 11 is 0. The first-order chi connectivity index (χ1) is 10.3. The van der Waals surface area contributed by atoms with E-state index in [1.54, 1.807) is 6.20 Å². The number of fused-ring (bicyclic) bond motifs is 1. The van der Waals surface area contributed by atoms with E-state index in [0.717, 1.165) is 41.1 Å². The molecule has 0 bridgehead atoms. The van der Waals surface area contributed by atoms with E-state index >= 15 is 0 Å². The smallest absolute Gasteiger partial charge is 0.162 e. The van der Waals surface area contributed by atoms with Gasteiger partial charge in [0.2, 0.25) is 0 Å². The summed E-state index contributed by atoms with van der Waals surface area (Å²) in [4.78, 5) is 14.4. The Labute approximate surface area is 122 Å². The molecule has 1 aromatic carbocycles. The van der Waals surface area contributed by atoms with Crippen molar-refractivity contribution in [3.8, 4) is 11.4 Å². The van der Waals surface area contributed by atoms with Crippen LogP contribution in [0.1, 0.15) is 6.42 Å². The predicted molar refractivity (Wildman–Crippen MR) is 82.2 cm³/mol. The minimum Gasteiger partial charge on any atom is -0.391 e. The van der Waals surface area contributed by atoms with Gasteiger partial charge in [0.15, 0.2) is 5.82 Å². The van der Waals surface area contributed by atoms with Crippen LogP contribution in [0.4, 0.5) is 5.82 Å². The van der Waals surface area contributed by atoms with Gasteiger partial charge >= 0.3 is 0 Å². The lowest BCUT2D eigenvalue weighted by molar-refractivity contribution is 0.198. The highest BCUT2D eigenvalue weighted by Crippen LogP contribution is 2.27. The van der Waals surface area contributed by atoms with Crippen LogP contribution in [0.15, 0.2) is 42.7 Å². The monoisotopic (exact) mass is 280 g/mol. The molecule has 1 fully saturated rings. The molecule has 1 aliphatic rings. The van der Waals surface area contributed by atoms with Crippen molar-refractivity contribution in [2.24, 2.45) is 0 Å². The van der Waals surface area contributed by atoms with Crippen molar-refractivity contribution in [2.45, 2.75) is 12.5 Å². The normalized spacial score (nSPS) is 18.5. The first-order valence-electron chi connectivity index (χ1n) is 7.14. The van der Waals surface area contributed by atoms with Crippen LogP contribution in [-0.4, -0.2) is 39.3 Å². The zero-order chi connectivity index (χ0) is 14.2. The first kappa shape index (κ1) is 12.3. The number of hydrogen-bond donors (Lipinski definition) is 2. The fourth-order valence-electron chi connectivity index (χ4n) is 2.89. The van der Waals surface area contributed by atoms with Crippen LogP contribution in [0.3, 0.4) is 0 Å². The van der Waals surface area contributed by atoms with Crippen LogP contribution < -0.4 is 4.90 Å². The van der Waals surface area contributed by atoms with E-state index in [1.807, 2.05) is 36.5 Å². The Hall–Kier alpha value is -2.40. The first-order valence-corrected chi connectivity index (χ1v) is 7.14. The van der Waals surface area contributed by atoms with Crippen molar-refractivity contribution in [3.63, 3.8) is 0 Å². The van der Waals surface area contributed by atoms with Crippen molar-refractivity contribution < 1.29 is 5.11 Å². The summed E-state index contributed by atoms with van der Waals surface area (Å²) in [6.07, 6.45) is 4.26. The van der Waals surface area contributed by atoms with Crippen molar-refractivity contribution in [3.05, 3.63) is 42.7 Å². The highest BCUT2D eigenvalue weighted by molar-refractivity contribution is 5.93. The highest BCUT2D eigenvalue weighted by Gasteiger charge is 2.21. The summed E-state index contributed by atoms with van der Waals surface area (Å²) in [5.74, 6) is 1.60. The summed E-state index contributed by atoms with van der Waals surface area (Å²) < 4.78 is 0. The number of aromatic nitrogens is 3. The van der Waals surface area contributed by atoms with Gasteiger partial charge in [0.25, 0.3) is 0 Å². The highest BCUT2D eigenvalue weighted by atomic mass is 16.3. The van der Waals surface area contributed by atoms with E-state index in [4.69, 9.17) is 0 Å². The number of aliphatic hydroxyl groups excluding tert-OH is 1. The molecule has 4 rings (SSSR count). The quantitative estimate of drug-likeness (QED) is 0.755. The Morgan fingerprint density at radius 1 is 1.24 bits per heavy atom. The molecule has 106 valence electrons. The SMILES string of the molecule is O[C@@H]1CCN(c2ccnc(-c3cccc4[nH]ccc34)n2)C1. The number of nitrogens with zero attached hydrogens (tertiary/aromatic N) is 3. The van der Waals surface area contributed by atoms with Gasteiger partial charge in [0.05, 0.1) is 6.10 Å². The maximum atomic E-state index is 9.67. The Kier molecular flexibility index (Phi) is 2.86. The molecule has 1 saturated heterocycles. The molecule has 21 heavy (non-hydrogen) atoms. The lowest BCUT2D eigenvalue weighted by Crippen LogP contribution is -2.22. The van der Waals surface area contributed by atoms with Crippen molar-refractivity contribution >= 4 is 16.7 Å². The van der Waals surface area contributed by atoms with Gasteiger partial charge in [-0.2, -0.15) is 0 Å². The lowest BCUT2D eigenvalue weighted by atomic mass is 10.1. The summed E-state index contributed by atoms with van der Waals surface area (Å²) in [7, 11) is 0. The number of rotatable bonds is 2. The van der Waals surface area contributed by atoms with E-state index < -0.39 is 0 Å². The summed E-state index contributed by atoms with van der Waals surface area (Å²) in [6, 6.07) is 10.0. The standard InChI is InChI=1S/C16H16N4O/c21-11-6-9-20(10-11)15-5-8-18-16(19-15)13-2-1-3-14-12(13)4-7-17-14/h1-5,7-8,11,17,21H,6,9-10H2/t11-/m1/s1. The van der Waals surface area contributed by atoms with Gasteiger partial charge in [0, 0.05) is 41.9 Å². The predicted octanol–water partition coefficient (Wildman–Crippen LogP) is 2.20. The zero-order valence-electron chi connectivity index (χ0n) is 11.5. The van der Waals surface area contributed by atoms with Crippen LogP contribution in [0, 0.1) is 0 Å². The van der Waals surface area contributed by atoms with E-state index in [2.05, 4.69) is 19.9 Å². The molecule has 0 radical (unpaired) electrons. The molecule has 0 amide bonds. The van der Waals surface area contributed by atoms with Crippen LogP contribution in [0.25, 0.3) is 22.3 Å². The van der Waals surface area contributed by atoms with Gasteiger partial charge in [-0.25, -0.2) is 9.97 Å². The molecule has 2 N–H and O–H groups in total. The summed E-state index contributed by atoms with van der Waals surface area (Å²) in [6.45, 7) is 1.48. The fourth-order valence-corrected chi connectivity index (χ4v) is 2.89. The number of nitrogens with one attached hydrogen (secondary N) is 1. The van der Waals surface area contributed by atoms with E-state index in [0.29, 0.717) is 6.54 Å². The van der Waals surface area contributed by atoms with Crippen LogP contribution >= 0.6 is 0 Å². The minimum absolute atomic E-state index is 0.253. The lowest BCUT2D eigenvalue weighted by Gasteiger charge is -2.16. The maximum Gasteiger partial charge on any atom is 0.162 e. The maximum absolute atomic E-state index is 9.67. The molecular weight excluding hydrogens is 264 g/mol. The molecule has 0 unspecified atom stereocenters. The largest absolute Gasteiger partial charge is 0.391 e. The van der Waals surface area contributed by atoms with Gasteiger partial charge < -0.3 is 15.0 Å². The second-order valence-corrected chi connectivity index (χ2v) is 5.37. The second kappa shape index (κ2) is 4.86. The summed E-state index contributed by atoms with van der Waals surface area (Å²) in [5, 5.41) is 10.8. The zero-order valence-corrected chi connectivity index (χ0v) is 11.5. The molecule has 1 aliphatic heterocycles. The van der Waals surface area contributed by atoms with Gasteiger partial charge in [0.1, 0.15) is 5.82 Å². The number of aromatic amines is 1. The number of anilines is 1. The Bertz CT molecular complexity index is 783. The number of H-pyrrole nitrogens is 1. The van der Waals surface area contributed by atoms with Gasteiger partial charge in [-0.15, -0.1) is 0 Å².